The predicted octanol–water partition coefficient (Wildman–Crippen LogP) is 1.84. The molecule has 0 aromatic heterocycles. The summed E-state index contributed by atoms with van der Waals surface area (Å²) in [5, 5.41) is 0. The molecule has 3 rings (SSSR count). The number of halogens is 1. The molecule has 4 nitrogen and oxygen atoms in total. The highest BCUT2D eigenvalue weighted by molar-refractivity contribution is 6.52. The number of rotatable bonds is 4. The molecular formula is C15H17FN2O2. The van der Waals surface area contributed by atoms with E-state index in [2.05, 4.69) is 4.90 Å². The lowest BCUT2D eigenvalue weighted by atomic mass is 10.1. The van der Waals surface area contributed by atoms with Crippen molar-refractivity contribution in [1.29, 1.82) is 0 Å². The van der Waals surface area contributed by atoms with Crippen molar-refractivity contribution in [3.63, 3.8) is 0 Å². The molecule has 5 heteroatoms. The second-order valence-electron chi connectivity index (χ2n) is 5.35. The number of carbonyl (C=O) groups excluding carboxylic acids is 2. The van der Waals surface area contributed by atoms with Crippen LogP contribution in [0.25, 0.3) is 0 Å². The highest BCUT2D eigenvalue weighted by Crippen LogP contribution is 2.29. The van der Waals surface area contributed by atoms with Gasteiger partial charge in [-0.1, -0.05) is 0 Å². The van der Waals surface area contributed by atoms with Crippen LogP contribution in [-0.4, -0.2) is 42.8 Å². The maximum Gasteiger partial charge on any atom is 0.299 e. The Morgan fingerprint density at radius 1 is 1.10 bits per heavy atom. The SMILES string of the molecule is O=C1C(=O)N(CCCN2CCCC2)c2cc(F)ccc21. The molecule has 2 aliphatic rings. The highest BCUT2D eigenvalue weighted by Gasteiger charge is 2.35. The summed E-state index contributed by atoms with van der Waals surface area (Å²) in [6, 6.07) is 3.89. The lowest BCUT2D eigenvalue weighted by molar-refractivity contribution is -0.114. The van der Waals surface area contributed by atoms with Crippen molar-refractivity contribution >= 4 is 17.4 Å². The molecule has 1 aromatic rings. The van der Waals surface area contributed by atoms with Gasteiger partial charge < -0.3 is 9.80 Å². The predicted molar refractivity (Wildman–Crippen MR) is 73.4 cm³/mol. The summed E-state index contributed by atoms with van der Waals surface area (Å²) < 4.78 is 13.3. The Hall–Kier alpha value is -1.75. The number of anilines is 1. The molecule has 0 radical (unpaired) electrons. The number of hydrogen-bond donors (Lipinski definition) is 0. The van der Waals surface area contributed by atoms with E-state index < -0.39 is 17.5 Å². The number of nitrogens with zero attached hydrogens (tertiary/aromatic N) is 2. The van der Waals surface area contributed by atoms with Gasteiger partial charge in [-0.05, 0) is 57.1 Å². The first-order valence-corrected chi connectivity index (χ1v) is 7.05. The van der Waals surface area contributed by atoms with Crippen LogP contribution in [0, 0.1) is 5.82 Å². The number of benzene rings is 1. The van der Waals surface area contributed by atoms with Gasteiger partial charge in [-0.2, -0.15) is 0 Å². The first-order valence-electron chi connectivity index (χ1n) is 7.05. The summed E-state index contributed by atoms with van der Waals surface area (Å²) in [6.07, 6.45) is 3.26. The fourth-order valence-corrected chi connectivity index (χ4v) is 2.95. The average molecular weight is 276 g/mol. The summed E-state index contributed by atoms with van der Waals surface area (Å²) in [5.41, 5.74) is 0.735. The minimum absolute atomic E-state index is 0.317. The van der Waals surface area contributed by atoms with Crippen LogP contribution in [0.3, 0.4) is 0 Å². The zero-order chi connectivity index (χ0) is 14.1. The Morgan fingerprint density at radius 2 is 1.85 bits per heavy atom. The van der Waals surface area contributed by atoms with Crippen molar-refractivity contribution in [2.45, 2.75) is 19.3 Å². The maximum atomic E-state index is 13.3. The number of hydrogen-bond acceptors (Lipinski definition) is 3. The monoisotopic (exact) mass is 276 g/mol. The standard InChI is InChI=1S/C15H17FN2O2/c16-11-4-5-12-13(10-11)18(15(20)14(12)19)9-3-8-17-6-1-2-7-17/h4-5,10H,1-3,6-9H2. The minimum Gasteiger partial charge on any atom is -0.305 e. The van der Waals surface area contributed by atoms with Gasteiger partial charge in [0.05, 0.1) is 11.3 Å². The van der Waals surface area contributed by atoms with Gasteiger partial charge >= 0.3 is 0 Å². The summed E-state index contributed by atoms with van der Waals surface area (Å²) in [4.78, 5) is 27.5. The molecule has 0 spiro atoms. The second-order valence-corrected chi connectivity index (χ2v) is 5.35. The average Bonchev–Trinajstić information content (AvgIpc) is 3.02. The highest BCUT2D eigenvalue weighted by atomic mass is 19.1. The molecule has 0 N–H and O–H groups in total. The Labute approximate surface area is 117 Å². The molecule has 1 aromatic carbocycles. The molecule has 20 heavy (non-hydrogen) atoms. The van der Waals surface area contributed by atoms with E-state index in [0.717, 1.165) is 26.1 Å². The number of carbonyl (C=O) groups is 2. The van der Waals surface area contributed by atoms with E-state index in [9.17, 15) is 14.0 Å². The van der Waals surface area contributed by atoms with Gasteiger partial charge in [0.1, 0.15) is 5.82 Å². The molecule has 0 atom stereocenters. The van der Waals surface area contributed by atoms with E-state index in [4.69, 9.17) is 0 Å². The van der Waals surface area contributed by atoms with Gasteiger partial charge in [-0.3, -0.25) is 9.59 Å². The fraction of sp³-hybridized carbons (Fsp3) is 0.467. The maximum absolute atomic E-state index is 13.3. The first kappa shape index (κ1) is 13.2. The number of ketones is 1. The van der Waals surface area contributed by atoms with Crippen molar-refractivity contribution in [2.24, 2.45) is 0 Å². The van der Waals surface area contributed by atoms with Crippen molar-refractivity contribution in [3.8, 4) is 0 Å². The quantitative estimate of drug-likeness (QED) is 0.788. The van der Waals surface area contributed by atoms with Crippen LogP contribution >= 0.6 is 0 Å². The molecule has 1 saturated heterocycles. The third kappa shape index (κ3) is 2.33. The van der Waals surface area contributed by atoms with Crippen LogP contribution in [0.2, 0.25) is 0 Å². The molecule has 0 saturated carbocycles. The van der Waals surface area contributed by atoms with Gasteiger partial charge in [0, 0.05) is 6.54 Å². The third-order valence-corrected chi connectivity index (χ3v) is 3.99. The minimum atomic E-state index is -0.535. The van der Waals surface area contributed by atoms with Gasteiger partial charge in [-0.15, -0.1) is 0 Å². The molecule has 2 heterocycles. The molecule has 1 amide bonds. The molecular weight excluding hydrogens is 259 g/mol. The Morgan fingerprint density at radius 3 is 2.60 bits per heavy atom. The van der Waals surface area contributed by atoms with E-state index in [1.807, 2.05) is 0 Å². The molecule has 2 aliphatic heterocycles. The first-order chi connectivity index (χ1) is 9.66. The van der Waals surface area contributed by atoms with E-state index >= 15 is 0 Å². The van der Waals surface area contributed by atoms with Crippen LogP contribution in [0.15, 0.2) is 18.2 Å². The van der Waals surface area contributed by atoms with Crippen molar-refractivity contribution in [1.82, 2.24) is 4.90 Å². The van der Waals surface area contributed by atoms with Crippen molar-refractivity contribution < 1.29 is 14.0 Å². The van der Waals surface area contributed by atoms with Crippen LogP contribution < -0.4 is 4.90 Å². The van der Waals surface area contributed by atoms with Crippen LogP contribution in [0.4, 0.5) is 10.1 Å². The second kappa shape index (κ2) is 5.32. The van der Waals surface area contributed by atoms with E-state index in [1.165, 1.54) is 35.9 Å². The number of Topliss-reactive ketones (excluding diaryl/α,β-unsaturated/α-hetero) is 1. The van der Waals surface area contributed by atoms with Crippen LogP contribution in [-0.2, 0) is 4.79 Å². The van der Waals surface area contributed by atoms with E-state index in [-0.39, 0.29) is 0 Å². The zero-order valence-corrected chi connectivity index (χ0v) is 11.3. The number of likely N-dealkylation sites (tertiary alicyclic amines) is 1. The summed E-state index contributed by atoms with van der Waals surface area (Å²) in [7, 11) is 0. The summed E-state index contributed by atoms with van der Waals surface area (Å²) in [6.45, 7) is 3.61. The van der Waals surface area contributed by atoms with E-state index in [0.29, 0.717) is 17.8 Å². The number of fused-ring (bicyclic) bond motifs is 1. The van der Waals surface area contributed by atoms with Gasteiger partial charge in [0.25, 0.3) is 11.7 Å². The molecule has 0 aliphatic carbocycles. The normalized spacial score (nSPS) is 18.9. The smallest absolute Gasteiger partial charge is 0.299 e. The Kier molecular flexibility index (Phi) is 3.53. The van der Waals surface area contributed by atoms with E-state index in [1.54, 1.807) is 0 Å². The largest absolute Gasteiger partial charge is 0.305 e. The summed E-state index contributed by atoms with van der Waals surface area (Å²) in [5.74, 6) is -1.48. The van der Waals surface area contributed by atoms with Crippen LogP contribution in [0.1, 0.15) is 29.6 Å². The van der Waals surface area contributed by atoms with Gasteiger partial charge in [-0.25, -0.2) is 4.39 Å². The lowest BCUT2D eigenvalue weighted by Crippen LogP contribution is -2.33. The van der Waals surface area contributed by atoms with Crippen molar-refractivity contribution in [2.75, 3.05) is 31.1 Å². The third-order valence-electron chi connectivity index (χ3n) is 3.99. The Bertz CT molecular complexity index is 553. The summed E-state index contributed by atoms with van der Waals surface area (Å²) >= 11 is 0. The topological polar surface area (TPSA) is 40.6 Å². The fourth-order valence-electron chi connectivity index (χ4n) is 2.95. The molecule has 106 valence electrons. The van der Waals surface area contributed by atoms with Gasteiger partial charge in [0.15, 0.2) is 0 Å². The van der Waals surface area contributed by atoms with Crippen molar-refractivity contribution in [3.05, 3.63) is 29.6 Å². The lowest BCUT2D eigenvalue weighted by Gasteiger charge is -2.19. The molecule has 0 bridgehead atoms. The van der Waals surface area contributed by atoms with Crippen LogP contribution in [0.5, 0.6) is 0 Å². The zero-order valence-electron chi connectivity index (χ0n) is 11.3. The van der Waals surface area contributed by atoms with Gasteiger partial charge in [0.2, 0.25) is 0 Å². The Balaban J connectivity index is 1.68. The molecule has 0 unspecified atom stereocenters. The molecule has 1 fully saturated rings. The number of amides is 1.